The van der Waals surface area contributed by atoms with Crippen LogP contribution in [0.25, 0.3) is 5.65 Å². The number of rotatable bonds is 3. The number of hydrogen-bond donors (Lipinski definition) is 2. The van der Waals surface area contributed by atoms with Crippen LogP contribution < -0.4 is 10.6 Å². The number of aryl methyl sites for hydroxylation is 1. The number of hydrogen-bond acceptors (Lipinski definition) is 4. The fourth-order valence-electron chi connectivity index (χ4n) is 3.02. The monoisotopic (exact) mass is 327 g/mol. The number of pyridine rings is 1. The van der Waals surface area contributed by atoms with E-state index in [2.05, 4.69) is 32.3 Å². The molecular weight excluding hydrogens is 310 g/mol. The van der Waals surface area contributed by atoms with Gasteiger partial charge in [-0.3, -0.25) is 4.40 Å². The van der Waals surface area contributed by atoms with Crippen molar-refractivity contribution in [3.8, 4) is 0 Å². The molecule has 1 atom stereocenters. The maximum atomic E-state index is 12.2. The molecule has 0 unspecified atom stereocenters. The average molecular weight is 327 g/mol. The normalized spacial score (nSPS) is 17.0. The zero-order valence-electron chi connectivity index (χ0n) is 12.5. The maximum Gasteiger partial charge on any atom is 0.315 e. The molecule has 2 N–H and O–H groups in total. The SMILES string of the molecule is O=C(NCc1nnc2ccccn12)N[C@H]1CCCc2sccc21. The highest BCUT2D eigenvalue weighted by Gasteiger charge is 2.22. The molecule has 0 aromatic carbocycles. The predicted molar refractivity (Wildman–Crippen MR) is 88.4 cm³/mol. The molecule has 3 aromatic rings. The van der Waals surface area contributed by atoms with E-state index >= 15 is 0 Å². The molecule has 7 heteroatoms. The van der Waals surface area contributed by atoms with Gasteiger partial charge in [0.2, 0.25) is 0 Å². The number of carbonyl (C=O) groups excluding carboxylic acids is 1. The summed E-state index contributed by atoms with van der Waals surface area (Å²) in [6.45, 7) is 0.347. The van der Waals surface area contributed by atoms with Crippen LogP contribution in [0.1, 0.15) is 35.1 Å². The summed E-state index contributed by atoms with van der Waals surface area (Å²) < 4.78 is 1.87. The summed E-state index contributed by atoms with van der Waals surface area (Å²) in [5, 5.41) is 16.2. The van der Waals surface area contributed by atoms with Gasteiger partial charge >= 0.3 is 6.03 Å². The largest absolute Gasteiger partial charge is 0.331 e. The molecule has 2 amide bonds. The molecule has 1 aliphatic rings. The highest BCUT2D eigenvalue weighted by atomic mass is 32.1. The molecule has 23 heavy (non-hydrogen) atoms. The highest BCUT2D eigenvalue weighted by Crippen LogP contribution is 2.33. The molecule has 0 spiro atoms. The van der Waals surface area contributed by atoms with E-state index in [1.807, 2.05) is 28.8 Å². The van der Waals surface area contributed by atoms with Crippen LogP contribution in [0.4, 0.5) is 4.79 Å². The number of carbonyl (C=O) groups is 1. The molecule has 0 aliphatic heterocycles. The first-order valence-electron chi connectivity index (χ1n) is 7.70. The third-order valence-corrected chi connectivity index (χ3v) is 5.15. The van der Waals surface area contributed by atoms with Crippen molar-refractivity contribution >= 4 is 23.0 Å². The van der Waals surface area contributed by atoms with E-state index in [0.717, 1.165) is 30.7 Å². The Hall–Kier alpha value is -2.41. The highest BCUT2D eigenvalue weighted by molar-refractivity contribution is 7.10. The lowest BCUT2D eigenvalue weighted by atomic mass is 9.94. The lowest BCUT2D eigenvalue weighted by Crippen LogP contribution is -2.38. The van der Waals surface area contributed by atoms with E-state index in [9.17, 15) is 4.79 Å². The third kappa shape index (κ3) is 2.79. The second-order valence-corrected chi connectivity index (χ2v) is 6.62. The number of nitrogens with zero attached hydrogens (tertiary/aromatic N) is 3. The van der Waals surface area contributed by atoms with Crippen LogP contribution in [-0.2, 0) is 13.0 Å². The number of amides is 2. The summed E-state index contributed by atoms with van der Waals surface area (Å²) in [6.07, 6.45) is 5.12. The Morgan fingerprint density at radius 2 is 2.30 bits per heavy atom. The molecule has 118 valence electrons. The summed E-state index contributed by atoms with van der Waals surface area (Å²) in [4.78, 5) is 13.6. The summed E-state index contributed by atoms with van der Waals surface area (Å²) in [5.74, 6) is 0.718. The van der Waals surface area contributed by atoms with Crippen molar-refractivity contribution in [2.75, 3.05) is 0 Å². The Labute approximate surface area is 137 Å². The first kappa shape index (κ1) is 14.2. The summed E-state index contributed by atoms with van der Waals surface area (Å²) in [7, 11) is 0. The quantitative estimate of drug-likeness (QED) is 0.777. The Kier molecular flexibility index (Phi) is 3.70. The lowest BCUT2D eigenvalue weighted by molar-refractivity contribution is 0.235. The van der Waals surface area contributed by atoms with Crippen molar-refractivity contribution < 1.29 is 4.79 Å². The van der Waals surface area contributed by atoms with Crippen LogP contribution in [0, 0.1) is 0 Å². The minimum absolute atomic E-state index is 0.111. The van der Waals surface area contributed by atoms with E-state index in [-0.39, 0.29) is 12.1 Å². The lowest BCUT2D eigenvalue weighted by Gasteiger charge is -2.23. The first-order chi connectivity index (χ1) is 11.3. The van der Waals surface area contributed by atoms with Crippen LogP contribution in [-0.4, -0.2) is 20.6 Å². The van der Waals surface area contributed by atoms with Gasteiger partial charge in [0.1, 0.15) is 0 Å². The molecule has 0 radical (unpaired) electrons. The van der Waals surface area contributed by atoms with Gasteiger partial charge in [-0.15, -0.1) is 21.5 Å². The summed E-state index contributed by atoms with van der Waals surface area (Å²) in [6, 6.07) is 7.78. The van der Waals surface area contributed by atoms with E-state index in [1.165, 1.54) is 10.4 Å². The van der Waals surface area contributed by atoms with E-state index < -0.39 is 0 Å². The number of fused-ring (bicyclic) bond motifs is 2. The number of urea groups is 1. The number of nitrogens with one attached hydrogen (secondary N) is 2. The van der Waals surface area contributed by atoms with E-state index in [0.29, 0.717) is 6.54 Å². The molecule has 0 saturated heterocycles. The van der Waals surface area contributed by atoms with Gasteiger partial charge in [-0.25, -0.2) is 4.79 Å². The van der Waals surface area contributed by atoms with Crippen molar-refractivity contribution in [2.45, 2.75) is 31.8 Å². The first-order valence-corrected chi connectivity index (χ1v) is 8.58. The van der Waals surface area contributed by atoms with Gasteiger partial charge in [-0.05, 0) is 48.4 Å². The van der Waals surface area contributed by atoms with E-state index in [4.69, 9.17) is 0 Å². The van der Waals surface area contributed by atoms with Crippen molar-refractivity contribution in [3.05, 3.63) is 52.1 Å². The fourth-order valence-corrected chi connectivity index (χ4v) is 4.00. The fraction of sp³-hybridized carbons (Fsp3) is 0.312. The molecule has 0 saturated carbocycles. The maximum absolute atomic E-state index is 12.2. The van der Waals surface area contributed by atoms with Crippen molar-refractivity contribution in [2.24, 2.45) is 0 Å². The van der Waals surface area contributed by atoms with Gasteiger partial charge in [0, 0.05) is 11.1 Å². The predicted octanol–water partition coefficient (Wildman–Crippen LogP) is 2.67. The zero-order valence-corrected chi connectivity index (χ0v) is 13.3. The van der Waals surface area contributed by atoms with Gasteiger partial charge in [0.15, 0.2) is 11.5 Å². The van der Waals surface area contributed by atoms with Gasteiger partial charge in [-0.1, -0.05) is 6.07 Å². The third-order valence-electron chi connectivity index (χ3n) is 4.15. The number of thiophene rings is 1. The topological polar surface area (TPSA) is 71.3 Å². The Morgan fingerprint density at radius 1 is 1.35 bits per heavy atom. The average Bonchev–Trinajstić information content (AvgIpc) is 3.20. The van der Waals surface area contributed by atoms with Crippen LogP contribution >= 0.6 is 11.3 Å². The van der Waals surface area contributed by atoms with E-state index in [1.54, 1.807) is 11.3 Å². The van der Waals surface area contributed by atoms with Gasteiger partial charge in [-0.2, -0.15) is 0 Å². The molecule has 3 heterocycles. The number of aromatic nitrogens is 3. The molecule has 0 fully saturated rings. The van der Waals surface area contributed by atoms with Crippen LogP contribution in [0.5, 0.6) is 0 Å². The van der Waals surface area contributed by atoms with Crippen LogP contribution in [0.3, 0.4) is 0 Å². The Balaban J connectivity index is 1.40. The van der Waals surface area contributed by atoms with Gasteiger partial charge in [0.05, 0.1) is 12.6 Å². The van der Waals surface area contributed by atoms with Crippen molar-refractivity contribution in [3.63, 3.8) is 0 Å². The summed E-state index contributed by atoms with van der Waals surface area (Å²) >= 11 is 1.78. The molecule has 3 aromatic heterocycles. The minimum atomic E-state index is -0.165. The molecule has 6 nitrogen and oxygen atoms in total. The summed E-state index contributed by atoms with van der Waals surface area (Å²) in [5.41, 5.74) is 2.05. The van der Waals surface area contributed by atoms with Gasteiger partial charge in [0.25, 0.3) is 0 Å². The minimum Gasteiger partial charge on any atom is -0.331 e. The van der Waals surface area contributed by atoms with Crippen LogP contribution in [0.2, 0.25) is 0 Å². The molecule has 4 rings (SSSR count). The Morgan fingerprint density at radius 3 is 3.26 bits per heavy atom. The van der Waals surface area contributed by atoms with Gasteiger partial charge < -0.3 is 10.6 Å². The Bertz CT molecular complexity index is 840. The zero-order chi connectivity index (χ0) is 15.6. The van der Waals surface area contributed by atoms with Crippen molar-refractivity contribution in [1.82, 2.24) is 25.2 Å². The second-order valence-electron chi connectivity index (χ2n) is 5.62. The molecule has 0 bridgehead atoms. The molecule has 1 aliphatic carbocycles. The smallest absolute Gasteiger partial charge is 0.315 e. The second kappa shape index (κ2) is 6.00. The van der Waals surface area contributed by atoms with Crippen LogP contribution in [0.15, 0.2) is 35.8 Å². The standard InChI is InChI=1S/C16H17N5OS/c22-16(18-12-4-3-5-13-11(12)7-9-23-13)17-10-15-20-19-14-6-1-2-8-21(14)15/h1-2,6-9,12H,3-5,10H2,(H2,17,18,22)/t12-/m0/s1. The van der Waals surface area contributed by atoms with Crippen molar-refractivity contribution in [1.29, 1.82) is 0 Å². The molecular formula is C16H17N5OS.